The maximum atomic E-state index is 14.1. The largest absolute Gasteiger partial charge is 0.416 e. The minimum Gasteiger partial charge on any atom is -0.375 e. The van der Waals surface area contributed by atoms with Crippen molar-refractivity contribution in [2.75, 3.05) is 109 Å². The minimum absolute atomic E-state index is 0. The number of Topliss-reactive ketones (excluding diaryl/α,β-unsaturated/α-hetero) is 1. The maximum absolute atomic E-state index is 14.1. The molecule has 3 heterocycles. The van der Waals surface area contributed by atoms with E-state index < -0.39 is 17.6 Å². The Labute approximate surface area is 382 Å². The third-order valence-electron chi connectivity index (χ3n) is 12.0. The second-order valence-electron chi connectivity index (χ2n) is 16.1. The Morgan fingerprint density at radius 2 is 1.25 bits per heavy atom. The predicted molar refractivity (Wildman–Crippen MR) is 242 cm³/mol. The number of piperidine rings is 1. The van der Waals surface area contributed by atoms with Crippen molar-refractivity contribution < 1.29 is 31.9 Å². The summed E-state index contributed by atoms with van der Waals surface area (Å²) in [6, 6.07) is 8.58. The monoisotopic (exact) mass is 950 g/mol. The van der Waals surface area contributed by atoms with Crippen LogP contribution in [0.5, 0.6) is 0 Å². The maximum Gasteiger partial charge on any atom is 0.416 e. The number of amides is 1. The van der Waals surface area contributed by atoms with Crippen LogP contribution in [0.15, 0.2) is 36.4 Å². The van der Waals surface area contributed by atoms with Gasteiger partial charge in [-0.1, -0.05) is 23.2 Å². The van der Waals surface area contributed by atoms with Gasteiger partial charge in [0.25, 0.3) is 0 Å². The summed E-state index contributed by atoms with van der Waals surface area (Å²) in [5.41, 5.74) is 0.303. The molecule has 0 atom stereocenters. The Bertz CT molecular complexity index is 1590. The van der Waals surface area contributed by atoms with Crippen molar-refractivity contribution in [3.8, 4) is 0 Å². The lowest BCUT2D eigenvalue weighted by Crippen LogP contribution is -2.47. The van der Waals surface area contributed by atoms with Crippen molar-refractivity contribution >= 4 is 83.5 Å². The first kappa shape index (κ1) is 54.3. The van der Waals surface area contributed by atoms with Crippen LogP contribution >= 0.6 is 60.4 Å². The van der Waals surface area contributed by atoms with Crippen LogP contribution in [-0.4, -0.2) is 131 Å². The molecule has 2 aromatic rings. The van der Waals surface area contributed by atoms with E-state index in [9.17, 15) is 27.2 Å². The van der Waals surface area contributed by atoms with E-state index in [4.69, 9.17) is 27.9 Å². The average Bonchev–Trinajstić information content (AvgIpc) is 3.18. The van der Waals surface area contributed by atoms with Gasteiger partial charge in [-0.25, -0.2) is 4.39 Å². The van der Waals surface area contributed by atoms with Gasteiger partial charge < -0.3 is 19.9 Å². The molecular weight excluding hydrogens is 890 g/mol. The fourth-order valence-corrected chi connectivity index (χ4v) is 9.10. The Kier molecular flexibility index (Phi) is 24.2. The zero-order valence-corrected chi connectivity index (χ0v) is 38.7. The molecule has 1 aliphatic carbocycles. The normalized spacial score (nSPS) is 20.8. The third-order valence-corrected chi connectivity index (χ3v) is 12.5. The smallest absolute Gasteiger partial charge is 0.375 e. The van der Waals surface area contributed by atoms with Crippen molar-refractivity contribution in [1.29, 1.82) is 0 Å². The van der Waals surface area contributed by atoms with Crippen LogP contribution < -0.4 is 15.1 Å². The Hall–Kier alpha value is -1.81. The van der Waals surface area contributed by atoms with Gasteiger partial charge in [0.1, 0.15) is 18.2 Å². The van der Waals surface area contributed by atoms with E-state index in [0.29, 0.717) is 43.7 Å². The topological polar surface area (TPSA) is 71.6 Å². The molecule has 342 valence electrons. The Morgan fingerprint density at radius 1 is 0.717 bits per heavy atom. The van der Waals surface area contributed by atoms with Gasteiger partial charge in [-0.05, 0) is 133 Å². The highest BCUT2D eigenvalue weighted by Crippen LogP contribution is 2.34. The summed E-state index contributed by atoms with van der Waals surface area (Å²) in [6.07, 6.45) is 4.43. The third kappa shape index (κ3) is 17.4. The molecule has 1 N–H and O–H groups in total. The summed E-state index contributed by atoms with van der Waals surface area (Å²) in [5.74, 6) is 1.02. The number of methoxy groups -OCH3 is 1. The van der Waals surface area contributed by atoms with Gasteiger partial charge >= 0.3 is 6.18 Å². The number of halogens is 9. The van der Waals surface area contributed by atoms with Crippen LogP contribution in [0.2, 0.25) is 10.0 Å². The van der Waals surface area contributed by atoms with Gasteiger partial charge in [0.05, 0.1) is 28.5 Å². The zero-order valence-electron chi connectivity index (χ0n) is 34.7. The second-order valence-corrected chi connectivity index (χ2v) is 17.0. The quantitative estimate of drug-likeness (QED) is 0.200. The number of hydrogen-bond acceptors (Lipinski definition) is 8. The van der Waals surface area contributed by atoms with Crippen molar-refractivity contribution in [3.63, 3.8) is 0 Å². The Morgan fingerprint density at radius 3 is 1.75 bits per heavy atom. The van der Waals surface area contributed by atoms with E-state index in [1.165, 1.54) is 32.9 Å². The number of carbonyl (C=O) groups excluding carboxylic acids is 2. The lowest BCUT2D eigenvalue weighted by atomic mass is 9.84. The van der Waals surface area contributed by atoms with Crippen LogP contribution in [0, 0.1) is 17.7 Å². The van der Waals surface area contributed by atoms with E-state index in [2.05, 4.69) is 24.9 Å². The van der Waals surface area contributed by atoms with Crippen LogP contribution in [-0.2, 0) is 20.5 Å². The van der Waals surface area contributed by atoms with Gasteiger partial charge in [0.2, 0.25) is 5.91 Å². The number of nitrogens with one attached hydrogen (secondary N) is 1. The molecule has 60 heavy (non-hydrogen) atoms. The first-order chi connectivity index (χ1) is 27.3. The minimum atomic E-state index is -4.48. The van der Waals surface area contributed by atoms with E-state index in [1.807, 2.05) is 18.2 Å². The molecule has 0 spiro atoms. The van der Waals surface area contributed by atoms with Crippen LogP contribution in [0.4, 0.5) is 28.9 Å². The van der Waals surface area contributed by atoms with E-state index >= 15 is 0 Å². The highest BCUT2D eigenvalue weighted by molar-refractivity contribution is 6.36. The molecule has 9 nitrogen and oxygen atoms in total. The number of piperazine rings is 2. The standard InChI is InChI=1S/C22H31F4N3O2.C20H29Cl2N3O.3ClH/c1-31-15-21(30)27-18-5-2-16(3-6-18)8-9-28-10-12-29(13-11-28)20-14-17(22(24,25)26)4-7-19(20)23;1-16(26)15-24-8-5-17(6-9-24)4-7-23-10-12-25(13-11-23)20-3-2-18(21)14-19(20)22;;;/h4,7,14,16,18H,2-3,5-6,8-13,15H2,1H3,(H,27,30);2-3,14,17H,4-13,15H2,1H3;3*1H. The number of benzene rings is 2. The molecular formula is C42H63Cl5F4N6O3. The second kappa shape index (κ2) is 26.7. The molecule has 1 saturated carbocycles. The van der Waals surface area contributed by atoms with Gasteiger partial charge in [-0.2, -0.15) is 13.2 Å². The summed E-state index contributed by atoms with van der Waals surface area (Å²) in [6.45, 7) is 13.3. The van der Waals surface area contributed by atoms with Crippen molar-refractivity contribution in [1.82, 2.24) is 20.0 Å². The number of alkyl halides is 3. The molecule has 4 fully saturated rings. The summed E-state index contributed by atoms with van der Waals surface area (Å²) >= 11 is 12.3. The molecule has 6 rings (SSSR count). The van der Waals surface area contributed by atoms with Crippen molar-refractivity contribution in [3.05, 3.63) is 57.8 Å². The number of ether oxygens (including phenoxy) is 1. The molecule has 2 aromatic carbocycles. The molecule has 3 aliphatic heterocycles. The lowest BCUT2D eigenvalue weighted by molar-refractivity contribution is -0.137. The zero-order chi connectivity index (χ0) is 41.0. The molecule has 0 aromatic heterocycles. The van der Waals surface area contributed by atoms with Crippen molar-refractivity contribution in [2.45, 2.75) is 70.5 Å². The average molecular weight is 953 g/mol. The number of hydrogen-bond donors (Lipinski definition) is 1. The molecule has 0 radical (unpaired) electrons. The number of ketones is 1. The molecule has 4 aliphatic rings. The molecule has 1 amide bonds. The summed E-state index contributed by atoms with van der Waals surface area (Å²) in [7, 11) is 1.51. The molecule has 0 unspecified atom stereocenters. The number of likely N-dealkylation sites (tertiary alicyclic amines) is 1. The fraction of sp³-hybridized carbons (Fsp3) is 0.667. The van der Waals surface area contributed by atoms with Crippen LogP contribution in [0.3, 0.4) is 0 Å². The molecule has 0 bridgehead atoms. The van der Waals surface area contributed by atoms with Gasteiger partial charge in [-0.15, -0.1) is 37.2 Å². The molecule has 3 saturated heterocycles. The number of anilines is 2. The van der Waals surface area contributed by atoms with Gasteiger partial charge in [0.15, 0.2) is 0 Å². The van der Waals surface area contributed by atoms with E-state index in [-0.39, 0.29) is 67.2 Å². The van der Waals surface area contributed by atoms with Gasteiger partial charge in [-0.3, -0.25) is 24.3 Å². The van der Waals surface area contributed by atoms with Crippen molar-refractivity contribution in [2.24, 2.45) is 11.8 Å². The summed E-state index contributed by atoms with van der Waals surface area (Å²) in [4.78, 5) is 34.1. The fourth-order valence-electron chi connectivity index (χ4n) is 8.57. The lowest BCUT2D eigenvalue weighted by Gasteiger charge is -2.38. The van der Waals surface area contributed by atoms with E-state index in [0.717, 1.165) is 113 Å². The summed E-state index contributed by atoms with van der Waals surface area (Å²) < 4.78 is 57.8. The first-order valence-electron chi connectivity index (χ1n) is 20.5. The number of nitrogens with zero attached hydrogens (tertiary/aromatic N) is 5. The van der Waals surface area contributed by atoms with E-state index in [1.54, 1.807) is 11.8 Å². The predicted octanol–water partition coefficient (Wildman–Crippen LogP) is 8.75. The summed E-state index contributed by atoms with van der Waals surface area (Å²) in [5, 5.41) is 4.43. The number of carbonyl (C=O) groups is 2. The Balaban J connectivity index is 0.000000399. The van der Waals surface area contributed by atoms with Crippen LogP contribution in [0.25, 0.3) is 0 Å². The molecule has 18 heteroatoms. The first-order valence-corrected chi connectivity index (χ1v) is 21.3. The highest BCUT2D eigenvalue weighted by Gasteiger charge is 2.32. The highest BCUT2D eigenvalue weighted by atomic mass is 35.5. The SMILES string of the molecule is CC(=O)CN1CCC(CCN2CCN(c3ccc(Cl)cc3Cl)CC2)CC1.COCC(=O)NC1CCC(CCN2CCN(c3cc(C(F)(F)F)ccc3F)CC2)CC1.Cl.Cl.Cl. The van der Waals surface area contributed by atoms with Gasteiger partial charge in [0, 0.05) is 70.5 Å². The number of rotatable bonds is 13. The van der Waals surface area contributed by atoms with Crippen LogP contribution in [0.1, 0.15) is 63.9 Å².